The molecule has 2 rings (SSSR count). The number of amides is 2. The Balaban J connectivity index is 1.92. The molecule has 1 aliphatic carbocycles. The van der Waals surface area contributed by atoms with Gasteiger partial charge in [-0.2, -0.15) is 8.78 Å². The van der Waals surface area contributed by atoms with Crippen LogP contribution in [0.25, 0.3) is 0 Å². The highest BCUT2D eigenvalue weighted by Crippen LogP contribution is 2.31. The second-order valence-electron chi connectivity index (χ2n) is 5.58. The van der Waals surface area contributed by atoms with E-state index in [1.54, 1.807) is 0 Å². The third-order valence-electron chi connectivity index (χ3n) is 3.99. The fraction of sp³-hybridized carbons (Fsp3) is 0.846. The topological polar surface area (TPSA) is 49.4 Å². The van der Waals surface area contributed by atoms with Crippen LogP contribution in [0.5, 0.6) is 0 Å². The van der Waals surface area contributed by atoms with Gasteiger partial charge in [0.1, 0.15) is 6.04 Å². The molecule has 1 N–H and O–H groups in total. The number of nitrogens with one attached hydrogen (secondary N) is 1. The SMILES string of the molecule is O=C(NCC(F)(F)C(F)F)C1CSCN1C(=O)C1CCCC1. The Hall–Kier alpha value is -0.990. The van der Waals surface area contributed by atoms with E-state index in [1.165, 1.54) is 16.7 Å². The first-order valence-corrected chi connectivity index (χ1v) is 8.30. The minimum Gasteiger partial charge on any atom is -0.348 e. The van der Waals surface area contributed by atoms with Crippen LogP contribution in [-0.4, -0.2) is 53.3 Å². The van der Waals surface area contributed by atoms with Crippen LogP contribution in [0.2, 0.25) is 0 Å². The van der Waals surface area contributed by atoms with E-state index in [4.69, 9.17) is 0 Å². The maximum absolute atomic E-state index is 12.8. The van der Waals surface area contributed by atoms with Crippen LogP contribution in [-0.2, 0) is 9.59 Å². The van der Waals surface area contributed by atoms with Crippen molar-refractivity contribution in [1.82, 2.24) is 10.2 Å². The van der Waals surface area contributed by atoms with Gasteiger partial charge in [0, 0.05) is 11.7 Å². The first kappa shape index (κ1) is 17.4. The van der Waals surface area contributed by atoms with Gasteiger partial charge in [-0.1, -0.05) is 12.8 Å². The number of hydrogen-bond acceptors (Lipinski definition) is 3. The minimum absolute atomic E-state index is 0.114. The number of carbonyl (C=O) groups excluding carboxylic acids is 2. The molecule has 22 heavy (non-hydrogen) atoms. The Labute approximate surface area is 130 Å². The van der Waals surface area contributed by atoms with Crippen molar-refractivity contribution >= 4 is 23.6 Å². The summed E-state index contributed by atoms with van der Waals surface area (Å²) < 4.78 is 49.8. The molecule has 1 aliphatic heterocycles. The van der Waals surface area contributed by atoms with Gasteiger partial charge in [-0.3, -0.25) is 9.59 Å². The lowest BCUT2D eigenvalue weighted by Gasteiger charge is -2.26. The Morgan fingerprint density at radius 1 is 1.27 bits per heavy atom. The van der Waals surface area contributed by atoms with Crippen molar-refractivity contribution in [1.29, 1.82) is 0 Å². The van der Waals surface area contributed by atoms with Crippen LogP contribution in [0, 0.1) is 5.92 Å². The van der Waals surface area contributed by atoms with Gasteiger partial charge in [-0.15, -0.1) is 11.8 Å². The highest BCUT2D eigenvalue weighted by molar-refractivity contribution is 7.99. The first-order valence-electron chi connectivity index (χ1n) is 7.15. The van der Waals surface area contributed by atoms with Crippen LogP contribution >= 0.6 is 11.8 Å². The van der Waals surface area contributed by atoms with Gasteiger partial charge < -0.3 is 10.2 Å². The molecule has 1 heterocycles. The number of alkyl halides is 4. The normalized spacial score (nSPS) is 23.3. The molecule has 2 fully saturated rings. The van der Waals surface area contributed by atoms with Crippen LogP contribution in [0.3, 0.4) is 0 Å². The molecular formula is C13H18F4N2O2S. The molecule has 0 aromatic heterocycles. The molecule has 0 bridgehead atoms. The Bertz CT molecular complexity index is 430. The predicted octanol–water partition coefficient (Wildman–Crippen LogP) is 2.09. The molecule has 1 atom stereocenters. The summed E-state index contributed by atoms with van der Waals surface area (Å²) >= 11 is 1.35. The number of hydrogen-bond donors (Lipinski definition) is 1. The molecule has 4 nitrogen and oxygen atoms in total. The second-order valence-corrected chi connectivity index (χ2v) is 6.58. The fourth-order valence-corrected chi connectivity index (χ4v) is 3.85. The molecule has 0 aromatic carbocycles. The van der Waals surface area contributed by atoms with Crippen molar-refractivity contribution in [3.63, 3.8) is 0 Å². The van der Waals surface area contributed by atoms with Crippen LogP contribution in [0.15, 0.2) is 0 Å². The molecule has 9 heteroatoms. The molecule has 0 radical (unpaired) electrons. The Morgan fingerprint density at radius 3 is 2.50 bits per heavy atom. The minimum atomic E-state index is -4.26. The number of thioether (sulfide) groups is 1. The maximum Gasteiger partial charge on any atom is 0.324 e. The summed E-state index contributed by atoms with van der Waals surface area (Å²) in [5.41, 5.74) is 0. The van der Waals surface area contributed by atoms with Crippen molar-refractivity contribution in [3.8, 4) is 0 Å². The lowest BCUT2D eigenvalue weighted by molar-refractivity contribution is -0.145. The standard InChI is InChI=1S/C13H18F4N2O2S/c14-12(15)13(16,17)6-18-10(20)9-5-22-7-19(9)11(21)8-3-1-2-4-8/h8-9,12H,1-7H2,(H,18,20). The van der Waals surface area contributed by atoms with E-state index in [9.17, 15) is 27.2 Å². The molecular weight excluding hydrogens is 324 g/mol. The maximum atomic E-state index is 12.8. The van der Waals surface area contributed by atoms with E-state index in [0.717, 1.165) is 25.7 Å². The van der Waals surface area contributed by atoms with Crippen molar-refractivity contribution < 1.29 is 27.2 Å². The molecule has 2 aliphatic rings. The zero-order valence-electron chi connectivity index (χ0n) is 11.9. The van der Waals surface area contributed by atoms with E-state index in [1.807, 2.05) is 5.32 Å². The van der Waals surface area contributed by atoms with Gasteiger partial charge in [0.25, 0.3) is 0 Å². The summed E-state index contributed by atoms with van der Waals surface area (Å²) in [6.07, 6.45) is -0.346. The smallest absolute Gasteiger partial charge is 0.324 e. The molecule has 1 unspecified atom stereocenters. The summed E-state index contributed by atoms with van der Waals surface area (Å²) in [7, 11) is 0. The Morgan fingerprint density at radius 2 is 1.91 bits per heavy atom. The molecule has 2 amide bonds. The zero-order chi connectivity index (χ0) is 16.3. The summed E-state index contributed by atoms with van der Waals surface area (Å²) in [6.45, 7) is -1.42. The van der Waals surface area contributed by atoms with E-state index < -0.39 is 30.8 Å². The molecule has 1 saturated carbocycles. The van der Waals surface area contributed by atoms with Crippen LogP contribution < -0.4 is 5.32 Å². The highest BCUT2D eigenvalue weighted by Gasteiger charge is 2.43. The Kier molecular flexibility index (Phi) is 5.57. The first-order chi connectivity index (χ1) is 10.3. The van der Waals surface area contributed by atoms with E-state index >= 15 is 0 Å². The summed E-state index contributed by atoms with van der Waals surface area (Å²) in [6, 6.07) is -0.855. The summed E-state index contributed by atoms with van der Waals surface area (Å²) in [5, 5.41) is 1.85. The van der Waals surface area contributed by atoms with Crippen molar-refractivity contribution in [2.24, 2.45) is 5.92 Å². The number of halogens is 4. The third-order valence-corrected chi connectivity index (χ3v) is 5.00. The average molecular weight is 342 g/mol. The number of rotatable bonds is 5. The number of carbonyl (C=O) groups is 2. The van der Waals surface area contributed by atoms with Gasteiger partial charge in [-0.25, -0.2) is 8.78 Å². The molecule has 126 valence electrons. The molecule has 1 saturated heterocycles. The van der Waals surface area contributed by atoms with Crippen LogP contribution in [0.4, 0.5) is 17.6 Å². The van der Waals surface area contributed by atoms with Gasteiger partial charge in [0.15, 0.2) is 0 Å². The van der Waals surface area contributed by atoms with Crippen molar-refractivity contribution in [3.05, 3.63) is 0 Å². The van der Waals surface area contributed by atoms with Gasteiger partial charge in [-0.05, 0) is 12.8 Å². The van der Waals surface area contributed by atoms with E-state index in [-0.39, 0.29) is 11.8 Å². The van der Waals surface area contributed by atoms with Crippen molar-refractivity contribution in [2.45, 2.75) is 44.1 Å². The van der Waals surface area contributed by atoms with Crippen LogP contribution in [0.1, 0.15) is 25.7 Å². The van der Waals surface area contributed by atoms with Crippen molar-refractivity contribution in [2.75, 3.05) is 18.2 Å². The predicted molar refractivity (Wildman–Crippen MR) is 73.9 cm³/mol. The number of nitrogens with zero attached hydrogens (tertiary/aromatic N) is 1. The molecule has 0 spiro atoms. The zero-order valence-corrected chi connectivity index (χ0v) is 12.7. The third kappa shape index (κ3) is 3.85. The summed E-state index contributed by atoms with van der Waals surface area (Å²) in [4.78, 5) is 25.7. The van der Waals surface area contributed by atoms with Gasteiger partial charge in [0.2, 0.25) is 11.8 Å². The van der Waals surface area contributed by atoms with Gasteiger partial charge in [0.05, 0.1) is 12.4 Å². The average Bonchev–Trinajstić information content (AvgIpc) is 3.14. The second kappa shape index (κ2) is 7.06. The van der Waals surface area contributed by atoms with E-state index in [0.29, 0.717) is 11.6 Å². The molecule has 0 aromatic rings. The monoisotopic (exact) mass is 342 g/mol. The quantitative estimate of drug-likeness (QED) is 0.779. The largest absolute Gasteiger partial charge is 0.348 e. The van der Waals surface area contributed by atoms with E-state index in [2.05, 4.69) is 0 Å². The lowest BCUT2D eigenvalue weighted by Crippen LogP contribution is -2.51. The fourth-order valence-electron chi connectivity index (χ4n) is 2.68. The summed E-state index contributed by atoms with van der Waals surface area (Å²) in [5.74, 6) is -4.68. The highest BCUT2D eigenvalue weighted by atomic mass is 32.2. The lowest BCUT2D eigenvalue weighted by atomic mass is 10.1. The van der Waals surface area contributed by atoms with Gasteiger partial charge >= 0.3 is 12.3 Å².